The Labute approximate surface area is 193 Å². The Balaban J connectivity index is 1.58. The van der Waals surface area contributed by atoms with Gasteiger partial charge in [-0.2, -0.15) is 0 Å². The predicted molar refractivity (Wildman–Crippen MR) is 134 cm³/mol. The molecular formula is C29H23N3O. The van der Waals surface area contributed by atoms with Crippen LogP contribution in [0.2, 0.25) is 0 Å². The Morgan fingerprint density at radius 3 is 1.85 bits per heavy atom. The van der Waals surface area contributed by atoms with Crippen LogP contribution in [0, 0.1) is 13.8 Å². The minimum Gasteiger partial charge on any atom is -0.322 e. The molecule has 0 radical (unpaired) electrons. The van der Waals surface area contributed by atoms with Gasteiger partial charge in [-0.3, -0.25) is 4.79 Å². The van der Waals surface area contributed by atoms with Crippen molar-refractivity contribution in [2.45, 2.75) is 13.8 Å². The molecule has 0 atom stereocenters. The first-order valence-corrected chi connectivity index (χ1v) is 10.9. The standard InChI is InChI=1S/C29H23N3O/c1-19-13-15-24(17-20(19)2)30-29(33)23-14-16-25-26(18-23)32-28(22-11-7-4-8-12-22)27(31-25)21-9-5-3-6-10-21/h3-18H,1-2H3,(H,30,33). The van der Waals surface area contributed by atoms with Crippen LogP contribution in [0.25, 0.3) is 33.5 Å². The molecule has 0 aliphatic carbocycles. The number of aryl methyl sites for hydroxylation is 2. The molecule has 0 saturated carbocycles. The topological polar surface area (TPSA) is 54.9 Å². The van der Waals surface area contributed by atoms with Crippen molar-refractivity contribution in [3.05, 3.63) is 114 Å². The van der Waals surface area contributed by atoms with Crippen molar-refractivity contribution in [3.63, 3.8) is 0 Å². The second-order valence-corrected chi connectivity index (χ2v) is 8.11. The highest BCUT2D eigenvalue weighted by molar-refractivity contribution is 6.06. The van der Waals surface area contributed by atoms with Gasteiger partial charge in [0.2, 0.25) is 0 Å². The third-order valence-corrected chi connectivity index (χ3v) is 5.79. The Hall–Kier alpha value is -4.31. The molecule has 4 heteroatoms. The monoisotopic (exact) mass is 429 g/mol. The third kappa shape index (κ3) is 4.23. The lowest BCUT2D eigenvalue weighted by molar-refractivity contribution is 0.102. The van der Waals surface area contributed by atoms with Crippen LogP contribution >= 0.6 is 0 Å². The fourth-order valence-corrected chi connectivity index (χ4v) is 3.81. The van der Waals surface area contributed by atoms with Gasteiger partial charge in [0.25, 0.3) is 5.91 Å². The molecule has 4 aromatic carbocycles. The Morgan fingerprint density at radius 2 is 1.24 bits per heavy atom. The van der Waals surface area contributed by atoms with Crippen LogP contribution in [0.3, 0.4) is 0 Å². The molecule has 1 heterocycles. The van der Waals surface area contributed by atoms with Crippen molar-refractivity contribution >= 4 is 22.6 Å². The van der Waals surface area contributed by atoms with Crippen molar-refractivity contribution in [2.75, 3.05) is 5.32 Å². The quantitative estimate of drug-likeness (QED) is 0.340. The van der Waals surface area contributed by atoms with Gasteiger partial charge in [0.15, 0.2) is 0 Å². The van der Waals surface area contributed by atoms with Crippen LogP contribution in [0.4, 0.5) is 5.69 Å². The third-order valence-electron chi connectivity index (χ3n) is 5.79. The summed E-state index contributed by atoms with van der Waals surface area (Å²) in [5.41, 5.74) is 8.67. The second-order valence-electron chi connectivity index (χ2n) is 8.11. The Morgan fingerprint density at radius 1 is 0.636 bits per heavy atom. The average molecular weight is 430 g/mol. The minimum absolute atomic E-state index is 0.171. The number of hydrogen-bond acceptors (Lipinski definition) is 3. The molecule has 0 aliphatic heterocycles. The van der Waals surface area contributed by atoms with Crippen molar-refractivity contribution < 1.29 is 4.79 Å². The van der Waals surface area contributed by atoms with Gasteiger partial charge in [-0.05, 0) is 55.3 Å². The summed E-state index contributed by atoms with van der Waals surface area (Å²) < 4.78 is 0. The number of nitrogens with one attached hydrogen (secondary N) is 1. The van der Waals surface area contributed by atoms with Gasteiger partial charge in [0.1, 0.15) is 0 Å². The van der Waals surface area contributed by atoms with E-state index in [9.17, 15) is 4.79 Å². The molecule has 0 unspecified atom stereocenters. The Bertz CT molecular complexity index is 1460. The summed E-state index contributed by atoms with van der Waals surface area (Å²) in [5.74, 6) is -0.171. The minimum atomic E-state index is -0.171. The van der Waals surface area contributed by atoms with Gasteiger partial charge in [-0.15, -0.1) is 0 Å². The summed E-state index contributed by atoms with van der Waals surface area (Å²) in [6.07, 6.45) is 0. The van der Waals surface area contributed by atoms with E-state index in [1.165, 1.54) is 5.56 Å². The lowest BCUT2D eigenvalue weighted by atomic mass is 10.0. The number of benzene rings is 4. The molecule has 1 aromatic heterocycles. The van der Waals surface area contributed by atoms with Crippen LogP contribution < -0.4 is 5.32 Å². The average Bonchev–Trinajstić information content (AvgIpc) is 2.86. The van der Waals surface area contributed by atoms with Gasteiger partial charge < -0.3 is 5.32 Å². The lowest BCUT2D eigenvalue weighted by Crippen LogP contribution is -2.12. The summed E-state index contributed by atoms with van der Waals surface area (Å²) in [4.78, 5) is 22.8. The van der Waals surface area contributed by atoms with Crippen molar-refractivity contribution in [1.82, 2.24) is 9.97 Å². The number of aromatic nitrogens is 2. The number of hydrogen-bond donors (Lipinski definition) is 1. The number of carbonyl (C=O) groups is 1. The molecule has 5 aromatic rings. The zero-order chi connectivity index (χ0) is 22.8. The maximum Gasteiger partial charge on any atom is 0.255 e. The smallest absolute Gasteiger partial charge is 0.255 e. The van der Waals surface area contributed by atoms with E-state index < -0.39 is 0 Å². The summed E-state index contributed by atoms with van der Waals surface area (Å²) >= 11 is 0. The first-order chi connectivity index (χ1) is 16.1. The van der Waals surface area contributed by atoms with Crippen molar-refractivity contribution in [3.8, 4) is 22.5 Å². The summed E-state index contributed by atoms with van der Waals surface area (Å²) in [7, 11) is 0. The van der Waals surface area contributed by atoms with Crippen molar-refractivity contribution in [2.24, 2.45) is 0 Å². The van der Waals surface area contributed by atoms with Gasteiger partial charge in [0.05, 0.1) is 22.4 Å². The van der Waals surface area contributed by atoms with Crippen LogP contribution in [0.5, 0.6) is 0 Å². The second kappa shape index (κ2) is 8.67. The molecule has 0 saturated heterocycles. The van der Waals surface area contributed by atoms with Crippen LogP contribution in [0.15, 0.2) is 97.1 Å². The molecule has 5 rings (SSSR count). The van der Waals surface area contributed by atoms with E-state index in [-0.39, 0.29) is 5.91 Å². The number of carbonyl (C=O) groups excluding carboxylic acids is 1. The van der Waals surface area contributed by atoms with E-state index in [4.69, 9.17) is 9.97 Å². The van der Waals surface area contributed by atoms with Crippen LogP contribution in [-0.4, -0.2) is 15.9 Å². The molecule has 1 amide bonds. The van der Waals surface area contributed by atoms with E-state index in [0.29, 0.717) is 11.1 Å². The fraction of sp³-hybridized carbons (Fsp3) is 0.0690. The van der Waals surface area contributed by atoms with E-state index in [1.807, 2.05) is 91.9 Å². The van der Waals surface area contributed by atoms with Gasteiger partial charge >= 0.3 is 0 Å². The number of amides is 1. The zero-order valence-electron chi connectivity index (χ0n) is 18.5. The summed E-state index contributed by atoms with van der Waals surface area (Å²) in [6.45, 7) is 4.09. The predicted octanol–water partition coefficient (Wildman–Crippen LogP) is 6.83. The highest BCUT2D eigenvalue weighted by Gasteiger charge is 2.15. The molecular weight excluding hydrogens is 406 g/mol. The number of fused-ring (bicyclic) bond motifs is 1. The molecule has 1 N–H and O–H groups in total. The summed E-state index contributed by atoms with van der Waals surface area (Å²) in [5, 5.41) is 2.99. The van der Waals surface area contributed by atoms with Gasteiger partial charge in [0, 0.05) is 22.4 Å². The maximum absolute atomic E-state index is 12.9. The van der Waals surface area contributed by atoms with Crippen molar-refractivity contribution in [1.29, 1.82) is 0 Å². The highest BCUT2D eigenvalue weighted by Crippen LogP contribution is 2.31. The molecule has 33 heavy (non-hydrogen) atoms. The first-order valence-electron chi connectivity index (χ1n) is 10.9. The highest BCUT2D eigenvalue weighted by atomic mass is 16.1. The SMILES string of the molecule is Cc1ccc(NC(=O)c2ccc3nc(-c4ccccc4)c(-c4ccccc4)nc3c2)cc1C. The van der Waals surface area contributed by atoms with Gasteiger partial charge in [-0.25, -0.2) is 9.97 Å². The first kappa shape index (κ1) is 20.6. The van der Waals surface area contributed by atoms with E-state index in [0.717, 1.165) is 39.3 Å². The number of nitrogens with zero attached hydrogens (tertiary/aromatic N) is 2. The zero-order valence-corrected chi connectivity index (χ0v) is 18.5. The summed E-state index contributed by atoms with van der Waals surface area (Å²) in [6, 6.07) is 31.4. The molecule has 0 spiro atoms. The Kier molecular flexibility index (Phi) is 5.41. The largest absolute Gasteiger partial charge is 0.322 e. The van der Waals surface area contributed by atoms with Crippen LogP contribution in [0.1, 0.15) is 21.5 Å². The number of rotatable bonds is 4. The molecule has 4 nitrogen and oxygen atoms in total. The molecule has 0 aliphatic rings. The molecule has 160 valence electrons. The van der Waals surface area contributed by atoms with Gasteiger partial charge in [-0.1, -0.05) is 66.7 Å². The fourth-order valence-electron chi connectivity index (χ4n) is 3.81. The molecule has 0 bridgehead atoms. The van der Waals surface area contributed by atoms with Crippen LogP contribution in [-0.2, 0) is 0 Å². The van der Waals surface area contributed by atoms with E-state index >= 15 is 0 Å². The van der Waals surface area contributed by atoms with E-state index in [1.54, 1.807) is 12.1 Å². The maximum atomic E-state index is 12.9. The number of anilines is 1. The van der Waals surface area contributed by atoms with E-state index in [2.05, 4.69) is 12.2 Å². The molecule has 0 fully saturated rings. The lowest BCUT2D eigenvalue weighted by Gasteiger charge is -2.12. The normalized spacial score (nSPS) is 10.8.